The van der Waals surface area contributed by atoms with E-state index in [2.05, 4.69) is 0 Å². The fourth-order valence-corrected chi connectivity index (χ4v) is 2.92. The Hall–Kier alpha value is -1.78. The van der Waals surface area contributed by atoms with Crippen molar-refractivity contribution in [2.45, 2.75) is 50.5 Å². The van der Waals surface area contributed by atoms with Crippen LogP contribution in [0.15, 0.2) is 23.0 Å². The van der Waals surface area contributed by atoms with E-state index in [-0.39, 0.29) is 5.91 Å². The van der Waals surface area contributed by atoms with Crippen molar-refractivity contribution in [1.82, 2.24) is 4.90 Å². The molecule has 0 spiro atoms. The van der Waals surface area contributed by atoms with Gasteiger partial charge in [0.1, 0.15) is 5.54 Å². The number of carboxylic acid groups (broad SMARTS) is 1. The lowest BCUT2D eigenvalue weighted by Crippen LogP contribution is -2.56. The zero-order chi connectivity index (χ0) is 14.6. The molecule has 1 fully saturated rings. The lowest BCUT2D eigenvalue weighted by molar-refractivity contribution is -0.160. The Morgan fingerprint density at radius 3 is 2.60 bits per heavy atom. The van der Waals surface area contributed by atoms with Gasteiger partial charge < -0.3 is 14.4 Å². The standard InChI is InChI=1S/C15H21NO4/c1-16(13(17)6-5-12-7-10-20-11-12)15(14(18)19)8-3-2-4-9-15/h7,10-11H,2-6,8-9H2,1H3,(H,18,19). The fourth-order valence-electron chi connectivity index (χ4n) is 2.92. The molecule has 1 aromatic heterocycles. The highest BCUT2D eigenvalue weighted by Crippen LogP contribution is 2.33. The first-order valence-electron chi connectivity index (χ1n) is 7.07. The van der Waals surface area contributed by atoms with Crippen LogP contribution in [-0.2, 0) is 16.0 Å². The van der Waals surface area contributed by atoms with Gasteiger partial charge in [0.25, 0.3) is 0 Å². The number of furan rings is 1. The maximum absolute atomic E-state index is 12.3. The lowest BCUT2D eigenvalue weighted by atomic mass is 9.80. The Kier molecular flexibility index (Phi) is 4.47. The van der Waals surface area contributed by atoms with Crippen molar-refractivity contribution in [2.24, 2.45) is 0 Å². The van der Waals surface area contributed by atoms with E-state index in [4.69, 9.17) is 4.42 Å². The van der Waals surface area contributed by atoms with Crippen LogP contribution in [0.3, 0.4) is 0 Å². The van der Waals surface area contributed by atoms with Crippen LogP contribution >= 0.6 is 0 Å². The highest BCUT2D eigenvalue weighted by Gasteiger charge is 2.45. The van der Waals surface area contributed by atoms with Gasteiger partial charge in [-0.3, -0.25) is 4.79 Å². The Labute approximate surface area is 118 Å². The molecule has 1 amide bonds. The maximum atomic E-state index is 12.3. The molecule has 1 N–H and O–H groups in total. The molecule has 0 unspecified atom stereocenters. The van der Waals surface area contributed by atoms with Gasteiger partial charge in [0.15, 0.2) is 0 Å². The molecule has 2 rings (SSSR count). The second kappa shape index (κ2) is 6.11. The highest BCUT2D eigenvalue weighted by atomic mass is 16.4. The van der Waals surface area contributed by atoms with Gasteiger partial charge in [-0.05, 0) is 30.9 Å². The SMILES string of the molecule is CN(C(=O)CCc1ccoc1)C1(C(=O)O)CCCCC1. The molecule has 5 nitrogen and oxygen atoms in total. The maximum Gasteiger partial charge on any atom is 0.329 e. The number of hydrogen-bond donors (Lipinski definition) is 1. The van der Waals surface area contributed by atoms with Gasteiger partial charge in [0, 0.05) is 13.5 Å². The summed E-state index contributed by atoms with van der Waals surface area (Å²) in [5.41, 5.74) is -0.0501. The molecular weight excluding hydrogens is 258 g/mol. The quantitative estimate of drug-likeness (QED) is 0.898. The second-order valence-electron chi connectivity index (χ2n) is 5.48. The second-order valence-corrected chi connectivity index (χ2v) is 5.48. The number of carboxylic acids is 1. The van der Waals surface area contributed by atoms with Crippen LogP contribution < -0.4 is 0 Å². The molecule has 0 saturated heterocycles. The van der Waals surface area contributed by atoms with E-state index < -0.39 is 11.5 Å². The summed E-state index contributed by atoms with van der Waals surface area (Å²) in [5, 5.41) is 9.55. The summed E-state index contributed by atoms with van der Waals surface area (Å²) in [6.07, 6.45) is 7.96. The van der Waals surface area contributed by atoms with Gasteiger partial charge in [-0.25, -0.2) is 4.79 Å². The minimum Gasteiger partial charge on any atom is -0.479 e. The van der Waals surface area contributed by atoms with Gasteiger partial charge in [0.05, 0.1) is 12.5 Å². The molecule has 1 saturated carbocycles. The molecule has 0 atom stereocenters. The predicted octanol–water partition coefficient (Wildman–Crippen LogP) is 2.46. The van der Waals surface area contributed by atoms with Crippen LogP contribution in [-0.4, -0.2) is 34.5 Å². The molecule has 0 aromatic carbocycles. The predicted molar refractivity (Wildman–Crippen MR) is 73.3 cm³/mol. The minimum atomic E-state index is -1.01. The molecule has 0 bridgehead atoms. The lowest BCUT2D eigenvalue weighted by Gasteiger charge is -2.41. The van der Waals surface area contributed by atoms with Crippen molar-refractivity contribution in [1.29, 1.82) is 0 Å². The number of nitrogens with zero attached hydrogens (tertiary/aromatic N) is 1. The van der Waals surface area contributed by atoms with Crippen LogP contribution in [0.2, 0.25) is 0 Å². The first kappa shape index (κ1) is 14.6. The summed E-state index contributed by atoms with van der Waals surface area (Å²) in [6, 6.07) is 1.82. The smallest absolute Gasteiger partial charge is 0.329 e. The van der Waals surface area contributed by atoms with E-state index in [1.165, 1.54) is 4.90 Å². The summed E-state index contributed by atoms with van der Waals surface area (Å²) in [7, 11) is 1.62. The summed E-state index contributed by atoms with van der Waals surface area (Å²) in [5.74, 6) is -0.994. The molecular formula is C15H21NO4. The summed E-state index contributed by atoms with van der Waals surface area (Å²) >= 11 is 0. The molecule has 0 aliphatic heterocycles. The van der Waals surface area contributed by atoms with Crippen LogP contribution in [0.5, 0.6) is 0 Å². The monoisotopic (exact) mass is 279 g/mol. The van der Waals surface area contributed by atoms with Crippen LogP contribution in [0.25, 0.3) is 0 Å². The van der Waals surface area contributed by atoms with E-state index in [9.17, 15) is 14.7 Å². The highest BCUT2D eigenvalue weighted by molar-refractivity contribution is 5.87. The van der Waals surface area contributed by atoms with Gasteiger partial charge in [-0.2, -0.15) is 0 Å². The number of rotatable bonds is 5. The molecule has 1 aliphatic carbocycles. The van der Waals surface area contributed by atoms with E-state index in [1.54, 1.807) is 19.6 Å². The van der Waals surface area contributed by atoms with E-state index in [0.29, 0.717) is 25.7 Å². The van der Waals surface area contributed by atoms with Crippen LogP contribution in [0.4, 0.5) is 0 Å². The van der Waals surface area contributed by atoms with Crippen molar-refractivity contribution < 1.29 is 19.1 Å². The Balaban J connectivity index is 2.01. The van der Waals surface area contributed by atoms with Crippen molar-refractivity contribution in [3.63, 3.8) is 0 Å². The molecule has 1 aromatic rings. The third-order valence-corrected chi connectivity index (χ3v) is 4.30. The topological polar surface area (TPSA) is 70.8 Å². The third kappa shape index (κ3) is 2.86. The number of amides is 1. The van der Waals surface area contributed by atoms with Crippen molar-refractivity contribution in [3.8, 4) is 0 Å². The Morgan fingerprint density at radius 2 is 2.05 bits per heavy atom. The zero-order valence-electron chi connectivity index (χ0n) is 11.8. The Bertz CT molecular complexity index is 460. The number of hydrogen-bond acceptors (Lipinski definition) is 3. The average molecular weight is 279 g/mol. The first-order chi connectivity index (χ1) is 9.56. The van der Waals surface area contributed by atoms with Crippen LogP contribution in [0, 0.1) is 0 Å². The van der Waals surface area contributed by atoms with E-state index >= 15 is 0 Å². The number of likely N-dealkylation sites (N-methyl/N-ethyl adjacent to an activating group) is 1. The van der Waals surface area contributed by atoms with Gasteiger partial charge in [0.2, 0.25) is 5.91 Å². The first-order valence-corrected chi connectivity index (χ1v) is 7.07. The van der Waals surface area contributed by atoms with Crippen molar-refractivity contribution in [3.05, 3.63) is 24.2 Å². The molecule has 110 valence electrons. The van der Waals surface area contributed by atoms with E-state index in [1.807, 2.05) is 6.07 Å². The molecule has 1 heterocycles. The van der Waals surface area contributed by atoms with Gasteiger partial charge in [-0.15, -0.1) is 0 Å². The molecule has 1 aliphatic rings. The normalized spacial score (nSPS) is 17.6. The van der Waals surface area contributed by atoms with E-state index in [0.717, 1.165) is 24.8 Å². The Morgan fingerprint density at radius 1 is 1.35 bits per heavy atom. The summed E-state index contributed by atoms with van der Waals surface area (Å²) in [4.78, 5) is 25.4. The summed E-state index contributed by atoms with van der Waals surface area (Å²) in [6.45, 7) is 0. The third-order valence-electron chi connectivity index (χ3n) is 4.30. The molecule has 0 radical (unpaired) electrons. The summed E-state index contributed by atoms with van der Waals surface area (Å²) < 4.78 is 4.96. The molecule has 20 heavy (non-hydrogen) atoms. The van der Waals surface area contributed by atoms with Crippen LogP contribution in [0.1, 0.15) is 44.1 Å². The minimum absolute atomic E-state index is 0.115. The largest absolute Gasteiger partial charge is 0.479 e. The molecule has 5 heteroatoms. The van der Waals surface area contributed by atoms with Crippen molar-refractivity contribution in [2.75, 3.05) is 7.05 Å². The van der Waals surface area contributed by atoms with Gasteiger partial charge in [-0.1, -0.05) is 19.3 Å². The average Bonchev–Trinajstić information content (AvgIpc) is 2.97. The fraction of sp³-hybridized carbons (Fsp3) is 0.600. The number of aliphatic carboxylic acids is 1. The zero-order valence-corrected chi connectivity index (χ0v) is 11.8. The van der Waals surface area contributed by atoms with Gasteiger partial charge >= 0.3 is 5.97 Å². The van der Waals surface area contributed by atoms with Crippen molar-refractivity contribution >= 4 is 11.9 Å². The number of carbonyl (C=O) groups excluding carboxylic acids is 1. The number of aryl methyl sites for hydroxylation is 1. The number of carbonyl (C=O) groups is 2.